The number of amides is 1. The Labute approximate surface area is 316 Å². The molecule has 2 atom stereocenters. The Bertz CT molecular complexity index is 1920. The number of ketones is 1. The maximum Gasteiger partial charge on any atom is 0.331 e. The molecule has 8 nitrogen and oxygen atoms in total. The molecule has 2 heterocycles. The Morgan fingerprint density at radius 2 is 1.47 bits per heavy atom. The number of nitrogens with one attached hydrogen (secondary N) is 1. The van der Waals surface area contributed by atoms with Crippen LogP contribution in [0.2, 0.25) is 0 Å². The van der Waals surface area contributed by atoms with Crippen molar-refractivity contribution in [1.82, 2.24) is 15.3 Å². The van der Waals surface area contributed by atoms with E-state index in [9.17, 15) is 19.5 Å². The van der Waals surface area contributed by atoms with Gasteiger partial charge in [0.05, 0.1) is 6.61 Å². The smallest absolute Gasteiger partial charge is 0.331 e. The summed E-state index contributed by atoms with van der Waals surface area (Å²) in [7, 11) is 0. The molecule has 0 bridgehead atoms. The van der Waals surface area contributed by atoms with Gasteiger partial charge >= 0.3 is 5.97 Å². The molecule has 5 aromatic rings. The van der Waals surface area contributed by atoms with Crippen LogP contribution in [0.4, 0.5) is 0 Å². The largest absolute Gasteiger partial charge is 0.494 e. The van der Waals surface area contributed by atoms with E-state index in [0.29, 0.717) is 16.3 Å². The molecule has 53 heavy (non-hydrogen) atoms. The van der Waals surface area contributed by atoms with Crippen LogP contribution in [0.3, 0.4) is 0 Å². The average molecular weight is 732 g/mol. The van der Waals surface area contributed by atoms with Crippen LogP contribution < -0.4 is 10.1 Å². The van der Waals surface area contributed by atoms with Gasteiger partial charge in [-0.1, -0.05) is 120 Å². The predicted octanol–water partition coefficient (Wildman–Crippen LogP) is 9.89. The third kappa shape index (κ3) is 11.2. The second-order valence-electron chi connectivity index (χ2n) is 14.4. The molecule has 1 unspecified atom stereocenters. The number of ether oxygens (including phenoxy) is 1. The Kier molecular flexibility index (Phi) is 13.7. The van der Waals surface area contributed by atoms with Crippen molar-refractivity contribution in [2.24, 2.45) is 5.92 Å². The van der Waals surface area contributed by atoms with Crippen LogP contribution in [0.5, 0.6) is 5.75 Å². The first-order valence-electron chi connectivity index (χ1n) is 18.4. The second kappa shape index (κ2) is 18.6. The maximum absolute atomic E-state index is 13.7. The van der Waals surface area contributed by atoms with Gasteiger partial charge in [0.1, 0.15) is 5.75 Å². The zero-order valence-electron chi connectivity index (χ0n) is 31.0. The summed E-state index contributed by atoms with van der Waals surface area (Å²) < 4.78 is 5.90. The van der Waals surface area contributed by atoms with Crippen molar-refractivity contribution in [3.05, 3.63) is 124 Å². The monoisotopic (exact) mass is 731 g/mol. The number of Topliss-reactive ketones (excluding diaryl/α,β-unsaturated/α-hetero) is 1. The van der Waals surface area contributed by atoms with E-state index in [1.165, 1.54) is 37.0 Å². The lowest BCUT2D eigenvalue weighted by atomic mass is 9.85. The molecule has 0 fully saturated rings. The second-order valence-corrected chi connectivity index (χ2v) is 15.4. The van der Waals surface area contributed by atoms with Crippen LogP contribution in [-0.2, 0) is 21.4 Å². The molecule has 0 spiro atoms. The quantitative estimate of drug-likeness (QED) is 0.0680. The minimum Gasteiger partial charge on any atom is -0.494 e. The third-order valence-electron chi connectivity index (χ3n) is 9.29. The highest BCUT2D eigenvalue weighted by atomic mass is 32.1. The number of nitrogens with zero attached hydrogens (tertiary/aromatic N) is 2. The molecule has 9 heteroatoms. The first-order valence-corrected chi connectivity index (χ1v) is 19.2. The van der Waals surface area contributed by atoms with Crippen molar-refractivity contribution in [2.45, 2.75) is 84.1 Å². The van der Waals surface area contributed by atoms with E-state index in [2.05, 4.69) is 43.0 Å². The topological polar surface area (TPSA) is 118 Å². The van der Waals surface area contributed by atoms with Crippen LogP contribution in [0.25, 0.3) is 22.5 Å². The van der Waals surface area contributed by atoms with E-state index in [1.807, 2.05) is 60.7 Å². The SMILES string of the molecule is CCCCCCCOc1ccc(-c2cnc(-c3ccc(C[C@H](CC(=O)c4ccc(C(C)(C)C)cc4)C(=O)NC(C(=O)O)c4cccs4)cc3)nc2)cc1. The summed E-state index contributed by atoms with van der Waals surface area (Å²) in [4.78, 5) is 49.1. The average Bonchev–Trinajstić information content (AvgIpc) is 3.70. The van der Waals surface area contributed by atoms with Gasteiger partial charge in [0.25, 0.3) is 0 Å². The van der Waals surface area contributed by atoms with Gasteiger partial charge in [-0.05, 0) is 58.5 Å². The van der Waals surface area contributed by atoms with E-state index in [4.69, 9.17) is 4.74 Å². The minimum absolute atomic E-state index is 0.0639. The molecule has 0 aliphatic carbocycles. The molecule has 0 aliphatic heterocycles. The fourth-order valence-corrected chi connectivity index (χ4v) is 6.83. The number of rotatable bonds is 18. The van der Waals surface area contributed by atoms with Gasteiger partial charge < -0.3 is 15.2 Å². The van der Waals surface area contributed by atoms with Crippen LogP contribution in [-0.4, -0.2) is 39.3 Å². The number of aliphatic carboxylic acids is 1. The Morgan fingerprint density at radius 3 is 2.08 bits per heavy atom. The van der Waals surface area contributed by atoms with Crippen LogP contribution in [0.15, 0.2) is 103 Å². The predicted molar refractivity (Wildman–Crippen MR) is 211 cm³/mol. The number of carboxylic acids is 1. The van der Waals surface area contributed by atoms with Gasteiger partial charge in [0.15, 0.2) is 17.6 Å². The van der Waals surface area contributed by atoms with Gasteiger partial charge in [-0.2, -0.15) is 0 Å². The van der Waals surface area contributed by atoms with E-state index in [0.717, 1.165) is 46.6 Å². The van der Waals surface area contributed by atoms with Crippen molar-refractivity contribution in [3.8, 4) is 28.3 Å². The fourth-order valence-electron chi connectivity index (χ4n) is 6.07. The number of hydrogen-bond donors (Lipinski definition) is 2. The third-order valence-corrected chi connectivity index (χ3v) is 10.2. The molecule has 1 amide bonds. The normalized spacial score (nSPS) is 12.5. The molecule has 0 saturated carbocycles. The van der Waals surface area contributed by atoms with Crippen molar-refractivity contribution in [1.29, 1.82) is 0 Å². The van der Waals surface area contributed by atoms with Crippen LogP contribution in [0.1, 0.15) is 98.6 Å². The lowest BCUT2D eigenvalue weighted by Gasteiger charge is -2.21. The number of thiophene rings is 1. The molecule has 2 N–H and O–H groups in total. The standard InChI is InChI=1S/C44H49N3O5S/c1-5-6-7-8-9-24-52-37-22-18-31(19-23-37)35-28-45-41(46-29-35)33-14-12-30(13-15-33)26-34(42(49)47-40(43(50)51)39-11-10-25-53-39)27-38(48)32-16-20-36(21-17-32)44(2,3)4/h10-23,25,28-29,34,40H,5-9,24,26-27H2,1-4H3,(H,47,49)(H,50,51)/t34-,40?/m1/s1. The van der Waals surface area contributed by atoms with Crippen molar-refractivity contribution in [2.75, 3.05) is 6.61 Å². The Balaban J connectivity index is 1.26. The summed E-state index contributed by atoms with van der Waals surface area (Å²) in [6.07, 6.45) is 9.77. The Morgan fingerprint density at radius 1 is 0.811 bits per heavy atom. The number of aromatic nitrogens is 2. The Hall–Kier alpha value is -5.15. The van der Waals surface area contributed by atoms with Crippen LogP contribution in [0, 0.1) is 5.92 Å². The molecule has 0 saturated heterocycles. The van der Waals surface area contributed by atoms with Gasteiger partial charge in [-0.3, -0.25) is 9.59 Å². The zero-order chi connectivity index (χ0) is 37.8. The lowest BCUT2D eigenvalue weighted by Crippen LogP contribution is -2.39. The van der Waals surface area contributed by atoms with Gasteiger partial charge in [0, 0.05) is 46.3 Å². The number of benzene rings is 3. The van der Waals surface area contributed by atoms with Gasteiger partial charge in [-0.15, -0.1) is 11.3 Å². The molecular weight excluding hydrogens is 683 g/mol. The summed E-state index contributed by atoms with van der Waals surface area (Å²) in [5.74, 6) is -1.21. The summed E-state index contributed by atoms with van der Waals surface area (Å²) in [6.45, 7) is 9.26. The number of hydrogen-bond acceptors (Lipinski definition) is 7. The van der Waals surface area contributed by atoms with E-state index in [1.54, 1.807) is 42.0 Å². The molecule has 0 radical (unpaired) electrons. The summed E-state index contributed by atoms with van der Waals surface area (Å²) in [6, 6.07) is 25.2. The maximum atomic E-state index is 13.7. The first kappa shape index (κ1) is 39.1. The number of carbonyl (C=O) groups excluding carboxylic acids is 2. The van der Waals surface area contributed by atoms with Crippen molar-refractivity contribution >= 4 is 29.0 Å². The minimum atomic E-state index is -1.20. The molecule has 0 aliphatic rings. The van der Waals surface area contributed by atoms with Crippen molar-refractivity contribution < 1.29 is 24.2 Å². The van der Waals surface area contributed by atoms with E-state index < -0.39 is 23.8 Å². The highest BCUT2D eigenvalue weighted by Crippen LogP contribution is 2.27. The zero-order valence-corrected chi connectivity index (χ0v) is 31.8. The number of carboxylic acid groups (broad SMARTS) is 1. The van der Waals surface area contributed by atoms with E-state index in [-0.39, 0.29) is 24.0 Å². The summed E-state index contributed by atoms with van der Waals surface area (Å²) in [5.41, 5.74) is 5.07. The molecule has 2 aromatic heterocycles. The molecule has 3 aromatic carbocycles. The van der Waals surface area contributed by atoms with Gasteiger partial charge in [0.2, 0.25) is 5.91 Å². The van der Waals surface area contributed by atoms with Gasteiger partial charge in [-0.25, -0.2) is 14.8 Å². The summed E-state index contributed by atoms with van der Waals surface area (Å²) >= 11 is 1.26. The molecular formula is C44H49N3O5S. The van der Waals surface area contributed by atoms with Crippen molar-refractivity contribution in [3.63, 3.8) is 0 Å². The molecule has 276 valence electrons. The number of unbranched alkanes of at least 4 members (excludes halogenated alkanes) is 4. The molecule has 5 rings (SSSR count). The summed E-state index contributed by atoms with van der Waals surface area (Å²) in [5, 5.41) is 14.4. The van der Waals surface area contributed by atoms with Crippen LogP contribution >= 0.6 is 11.3 Å². The van der Waals surface area contributed by atoms with E-state index >= 15 is 0 Å². The highest BCUT2D eigenvalue weighted by molar-refractivity contribution is 7.10. The lowest BCUT2D eigenvalue weighted by molar-refractivity contribution is -0.142. The number of carbonyl (C=O) groups is 3. The fraction of sp³-hybridized carbons (Fsp3) is 0.341. The first-order chi connectivity index (χ1) is 25.5. The highest BCUT2D eigenvalue weighted by Gasteiger charge is 2.29.